The summed E-state index contributed by atoms with van der Waals surface area (Å²) in [6.07, 6.45) is 5.45. The maximum absolute atomic E-state index is 11.8. The molecule has 0 radical (unpaired) electrons. The van der Waals surface area contributed by atoms with Gasteiger partial charge < -0.3 is 11.1 Å². The molecule has 1 fully saturated rings. The van der Waals surface area contributed by atoms with E-state index in [2.05, 4.69) is 10.3 Å². The van der Waals surface area contributed by atoms with Gasteiger partial charge in [-0.3, -0.25) is 4.79 Å². The molecule has 0 aromatic carbocycles. The average Bonchev–Trinajstić information content (AvgIpc) is 2.85. The molecule has 17 heavy (non-hydrogen) atoms. The van der Waals surface area contributed by atoms with Crippen molar-refractivity contribution in [3.05, 3.63) is 16.6 Å². The van der Waals surface area contributed by atoms with Gasteiger partial charge in [-0.2, -0.15) is 0 Å². The maximum Gasteiger partial charge on any atom is 0.240 e. The van der Waals surface area contributed by atoms with Gasteiger partial charge in [-0.1, -0.05) is 12.8 Å². The molecule has 1 aliphatic rings. The third kappa shape index (κ3) is 4.10. The summed E-state index contributed by atoms with van der Waals surface area (Å²) in [4.78, 5) is 15.9. The Hall–Kier alpha value is -0.360. The van der Waals surface area contributed by atoms with Gasteiger partial charge in [-0.15, -0.1) is 36.2 Å². The highest BCUT2D eigenvalue weighted by Crippen LogP contribution is 2.27. The summed E-state index contributed by atoms with van der Waals surface area (Å²) < 4.78 is 0. The van der Waals surface area contributed by atoms with Gasteiger partial charge in [0.25, 0.3) is 0 Å². The van der Waals surface area contributed by atoms with Crippen LogP contribution in [0.4, 0.5) is 0 Å². The standard InChI is InChI=1S/C10H15N3OS.2ClH/c11-10(3-1-2-4-10)9(14)13-7-8-12-5-6-15-8;;/h5-6H,1-4,7,11H2,(H,13,14);2*1H. The Morgan fingerprint density at radius 2 is 2.12 bits per heavy atom. The molecule has 0 spiro atoms. The third-order valence-corrected chi connectivity index (χ3v) is 3.61. The first kappa shape index (κ1) is 16.6. The van der Waals surface area contributed by atoms with Crippen molar-refractivity contribution in [2.24, 2.45) is 5.73 Å². The van der Waals surface area contributed by atoms with E-state index in [1.54, 1.807) is 6.20 Å². The topological polar surface area (TPSA) is 68.0 Å². The normalized spacial score (nSPS) is 16.8. The van der Waals surface area contributed by atoms with Crippen LogP contribution in [0.5, 0.6) is 0 Å². The van der Waals surface area contributed by atoms with Gasteiger partial charge in [0.15, 0.2) is 0 Å². The highest BCUT2D eigenvalue weighted by Gasteiger charge is 2.36. The summed E-state index contributed by atoms with van der Waals surface area (Å²) in [5, 5.41) is 5.67. The molecule has 1 aromatic heterocycles. The second kappa shape index (κ2) is 7.16. The van der Waals surface area contributed by atoms with Gasteiger partial charge in [0.2, 0.25) is 5.91 Å². The van der Waals surface area contributed by atoms with Crippen molar-refractivity contribution in [3.8, 4) is 0 Å². The Morgan fingerprint density at radius 1 is 1.47 bits per heavy atom. The number of amides is 1. The second-order valence-corrected chi connectivity index (χ2v) is 4.95. The molecule has 3 N–H and O–H groups in total. The lowest BCUT2D eigenvalue weighted by Gasteiger charge is -2.21. The lowest BCUT2D eigenvalue weighted by Crippen LogP contribution is -2.51. The van der Waals surface area contributed by atoms with Crippen LogP contribution in [0.1, 0.15) is 30.7 Å². The molecule has 1 aromatic rings. The van der Waals surface area contributed by atoms with E-state index in [9.17, 15) is 4.79 Å². The number of hydrogen-bond acceptors (Lipinski definition) is 4. The zero-order chi connectivity index (χ0) is 10.7. The van der Waals surface area contributed by atoms with E-state index in [4.69, 9.17) is 5.73 Å². The van der Waals surface area contributed by atoms with Gasteiger partial charge in [0, 0.05) is 11.6 Å². The number of nitrogens with two attached hydrogens (primary N) is 1. The summed E-state index contributed by atoms with van der Waals surface area (Å²) in [6.45, 7) is 0.495. The van der Waals surface area contributed by atoms with Crippen LogP contribution in [0, 0.1) is 0 Å². The van der Waals surface area contributed by atoms with Crippen LogP contribution in [0.3, 0.4) is 0 Å². The van der Waals surface area contributed by atoms with Crippen molar-refractivity contribution >= 4 is 42.1 Å². The molecule has 4 nitrogen and oxygen atoms in total. The van der Waals surface area contributed by atoms with E-state index in [0.29, 0.717) is 6.54 Å². The number of nitrogens with one attached hydrogen (secondary N) is 1. The Labute approximate surface area is 117 Å². The Bertz CT molecular complexity index is 339. The van der Waals surface area contributed by atoms with Crippen LogP contribution in [0.2, 0.25) is 0 Å². The predicted octanol–water partition coefficient (Wildman–Crippen LogP) is 1.87. The monoisotopic (exact) mass is 297 g/mol. The third-order valence-electron chi connectivity index (χ3n) is 2.83. The first-order valence-corrected chi connectivity index (χ1v) is 6.04. The number of nitrogens with zero attached hydrogens (tertiary/aromatic N) is 1. The van der Waals surface area contributed by atoms with Gasteiger partial charge >= 0.3 is 0 Å². The number of carbonyl (C=O) groups excluding carboxylic acids is 1. The van der Waals surface area contributed by atoms with Crippen LogP contribution in [-0.4, -0.2) is 16.4 Å². The molecule has 98 valence electrons. The minimum atomic E-state index is -0.628. The molecule has 0 aliphatic heterocycles. The van der Waals surface area contributed by atoms with E-state index in [1.165, 1.54) is 11.3 Å². The van der Waals surface area contributed by atoms with Gasteiger partial charge in [-0.25, -0.2) is 4.98 Å². The molecule has 1 heterocycles. The molecule has 1 saturated carbocycles. The fraction of sp³-hybridized carbons (Fsp3) is 0.600. The number of halogens is 2. The maximum atomic E-state index is 11.8. The fourth-order valence-corrected chi connectivity index (χ4v) is 2.46. The van der Waals surface area contributed by atoms with Crippen molar-refractivity contribution in [1.29, 1.82) is 0 Å². The van der Waals surface area contributed by atoms with E-state index in [-0.39, 0.29) is 30.7 Å². The highest BCUT2D eigenvalue weighted by molar-refractivity contribution is 7.09. The van der Waals surface area contributed by atoms with Crippen LogP contribution in [0.15, 0.2) is 11.6 Å². The summed E-state index contributed by atoms with van der Waals surface area (Å²) in [5.41, 5.74) is 5.39. The van der Waals surface area contributed by atoms with E-state index in [0.717, 1.165) is 30.7 Å². The van der Waals surface area contributed by atoms with Crippen molar-refractivity contribution in [1.82, 2.24) is 10.3 Å². The molecule has 0 saturated heterocycles. The molecule has 0 unspecified atom stereocenters. The van der Waals surface area contributed by atoms with Crippen molar-refractivity contribution < 1.29 is 4.79 Å². The molecule has 1 amide bonds. The van der Waals surface area contributed by atoms with Gasteiger partial charge in [0.1, 0.15) is 5.01 Å². The summed E-state index contributed by atoms with van der Waals surface area (Å²) in [6, 6.07) is 0. The van der Waals surface area contributed by atoms with Crippen LogP contribution in [-0.2, 0) is 11.3 Å². The molecule has 1 aliphatic carbocycles. The van der Waals surface area contributed by atoms with E-state index >= 15 is 0 Å². The van der Waals surface area contributed by atoms with Crippen molar-refractivity contribution in [2.75, 3.05) is 0 Å². The van der Waals surface area contributed by atoms with Crippen LogP contribution < -0.4 is 11.1 Å². The number of rotatable bonds is 3. The fourth-order valence-electron chi connectivity index (χ4n) is 1.91. The number of hydrogen-bond donors (Lipinski definition) is 2. The number of thiazole rings is 1. The lowest BCUT2D eigenvalue weighted by atomic mass is 9.98. The van der Waals surface area contributed by atoms with Gasteiger partial charge in [0.05, 0.1) is 12.1 Å². The van der Waals surface area contributed by atoms with Crippen LogP contribution >= 0.6 is 36.2 Å². The Kier molecular flexibility index (Phi) is 7.01. The number of aromatic nitrogens is 1. The van der Waals surface area contributed by atoms with E-state index in [1.807, 2.05) is 5.38 Å². The van der Waals surface area contributed by atoms with Crippen molar-refractivity contribution in [3.63, 3.8) is 0 Å². The van der Waals surface area contributed by atoms with Gasteiger partial charge in [-0.05, 0) is 12.8 Å². The predicted molar refractivity (Wildman–Crippen MR) is 73.8 cm³/mol. The second-order valence-electron chi connectivity index (χ2n) is 3.97. The molecular formula is C10H17Cl2N3OS. The summed E-state index contributed by atoms with van der Waals surface area (Å²) in [7, 11) is 0. The smallest absolute Gasteiger partial charge is 0.240 e. The average molecular weight is 298 g/mol. The molecule has 0 atom stereocenters. The molecule has 2 rings (SSSR count). The summed E-state index contributed by atoms with van der Waals surface area (Å²) in [5.74, 6) is -0.0322. The molecule has 7 heteroatoms. The minimum absolute atomic E-state index is 0. The Morgan fingerprint density at radius 3 is 2.65 bits per heavy atom. The molecule has 0 bridgehead atoms. The largest absolute Gasteiger partial charge is 0.348 e. The minimum Gasteiger partial charge on any atom is -0.348 e. The quantitative estimate of drug-likeness (QED) is 0.895. The lowest BCUT2D eigenvalue weighted by molar-refractivity contribution is -0.126. The molecular weight excluding hydrogens is 281 g/mol. The Balaban J connectivity index is 0.00000128. The number of carbonyl (C=O) groups is 1. The highest BCUT2D eigenvalue weighted by atomic mass is 35.5. The zero-order valence-electron chi connectivity index (χ0n) is 9.35. The first-order valence-electron chi connectivity index (χ1n) is 5.16. The summed E-state index contributed by atoms with van der Waals surface area (Å²) >= 11 is 1.54. The van der Waals surface area contributed by atoms with Crippen LogP contribution in [0.25, 0.3) is 0 Å². The van der Waals surface area contributed by atoms with Crippen molar-refractivity contribution in [2.45, 2.75) is 37.8 Å². The zero-order valence-corrected chi connectivity index (χ0v) is 11.8. The SMILES string of the molecule is Cl.Cl.NC1(C(=O)NCc2nccs2)CCCC1. The van der Waals surface area contributed by atoms with E-state index < -0.39 is 5.54 Å². The first-order chi connectivity index (χ1) is 7.21.